The molecule has 1 amide bonds. The van der Waals surface area contributed by atoms with Crippen molar-refractivity contribution in [2.24, 2.45) is 11.1 Å². The maximum absolute atomic E-state index is 11.9. The highest BCUT2D eigenvalue weighted by Crippen LogP contribution is 2.20. The first kappa shape index (κ1) is 17.0. The molecule has 0 saturated heterocycles. The number of amides is 1. The molecule has 1 aromatic rings. The normalized spacial score (nSPS) is 12.4. The Morgan fingerprint density at radius 1 is 1.33 bits per heavy atom. The van der Waals surface area contributed by atoms with Gasteiger partial charge in [-0.2, -0.15) is 0 Å². The molecule has 0 aliphatic carbocycles. The van der Waals surface area contributed by atoms with Crippen molar-refractivity contribution in [2.75, 3.05) is 5.32 Å². The van der Waals surface area contributed by atoms with Crippen LogP contribution in [0.5, 0.6) is 0 Å². The minimum absolute atomic E-state index is 0.338. The van der Waals surface area contributed by atoms with Crippen molar-refractivity contribution < 1.29 is 14.7 Å². The maximum Gasteiger partial charge on any atom is 0.412 e. The molecule has 5 nitrogen and oxygen atoms in total. The number of nitrogens with zero attached hydrogens (tertiary/aromatic N) is 1. The molecule has 0 unspecified atom stereocenters. The number of carbonyl (C=O) groups is 1. The van der Waals surface area contributed by atoms with E-state index in [0.717, 1.165) is 0 Å². The van der Waals surface area contributed by atoms with Gasteiger partial charge in [0.25, 0.3) is 0 Å². The number of hydrogen-bond donors (Lipinski definition) is 2. The Bertz CT molecular complexity index is 516. The van der Waals surface area contributed by atoms with Crippen molar-refractivity contribution in [2.45, 2.75) is 46.6 Å². The van der Waals surface area contributed by atoms with Crippen LogP contribution in [0.2, 0.25) is 0 Å². The van der Waals surface area contributed by atoms with Crippen LogP contribution in [0.1, 0.15) is 46.6 Å². The minimum Gasteiger partial charge on any atom is -0.444 e. The lowest BCUT2D eigenvalue weighted by Gasteiger charge is -2.20. The summed E-state index contributed by atoms with van der Waals surface area (Å²) in [6, 6.07) is 7.20. The van der Waals surface area contributed by atoms with Crippen molar-refractivity contribution in [1.29, 1.82) is 0 Å². The second-order valence-corrected chi connectivity index (χ2v) is 6.32. The lowest BCUT2D eigenvalue weighted by molar-refractivity contribution is 0.0636. The summed E-state index contributed by atoms with van der Waals surface area (Å²) in [6.45, 7) is 9.48. The van der Waals surface area contributed by atoms with Gasteiger partial charge in [-0.25, -0.2) is 4.79 Å². The number of para-hydroxylation sites is 1. The molecule has 2 N–H and O–H groups in total. The predicted molar refractivity (Wildman–Crippen MR) is 84.1 cm³/mol. The van der Waals surface area contributed by atoms with Crippen LogP contribution in [-0.2, 0) is 4.74 Å². The number of anilines is 1. The first-order chi connectivity index (χ1) is 9.73. The van der Waals surface area contributed by atoms with E-state index in [9.17, 15) is 10.0 Å². The molecule has 0 saturated carbocycles. The zero-order valence-electron chi connectivity index (χ0n) is 13.3. The second kappa shape index (κ2) is 7.11. The fourth-order valence-corrected chi connectivity index (χ4v) is 1.85. The van der Waals surface area contributed by atoms with Crippen LogP contribution in [0, 0.1) is 5.92 Å². The predicted octanol–water partition coefficient (Wildman–Crippen LogP) is 4.26. The Hall–Kier alpha value is -2.04. The van der Waals surface area contributed by atoms with Crippen LogP contribution in [0.25, 0.3) is 0 Å². The van der Waals surface area contributed by atoms with Crippen LogP contribution >= 0.6 is 0 Å². The summed E-state index contributed by atoms with van der Waals surface area (Å²) in [7, 11) is 0. The molecular formula is C16H24N2O3. The van der Waals surface area contributed by atoms with E-state index in [2.05, 4.69) is 10.5 Å². The van der Waals surface area contributed by atoms with Crippen LogP contribution < -0.4 is 5.32 Å². The van der Waals surface area contributed by atoms with Gasteiger partial charge in [0.05, 0.1) is 11.4 Å². The van der Waals surface area contributed by atoms with E-state index in [1.165, 1.54) is 0 Å². The number of nitrogens with one attached hydrogen (secondary N) is 1. The van der Waals surface area contributed by atoms with Gasteiger partial charge in [-0.3, -0.25) is 5.32 Å². The van der Waals surface area contributed by atoms with Gasteiger partial charge in [0.2, 0.25) is 0 Å². The summed E-state index contributed by atoms with van der Waals surface area (Å²) in [5.41, 5.74) is 1.24. The van der Waals surface area contributed by atoms with E-state index >= 15 is 0 Å². The van der Waals surface area contributed by atoms with Gasteiger partial charge >= 0.3 is 6.09 Å². The molecule has 0 radical (unpaired) electrons. The van der Waals surface area contributed by atoms with E-state index in [4.69, 9.17) is 4.74 Å². The molecule has 21 heavy (non-hydrogen) atoms. The van der Waals surface area contributed by atoms with Crippen LogP contribution in [0.15, 0.2) is 29.4 Å². The molecule has 0 spiro atoms. The molecule has 5 heteroatoms. The van der Waals surface area contributed by atoms with Gasteiger partial charge in [0.1, 0.15) is 5.60 Å². The summed E-state index contributed by atoms with van der Waals surface area (Å²) >= 11 is 0. The number of rotatable bonds is 4. The monoisotopic (exact) mass is 292 g/mol. The highest BCUT2D eigenvalue weighted by Gasteiger charge is 2.18. The lowest BCUT2D eigenvalue weighted by Crippen LogP contribution is -2.27. The maximum atomic E-state index is 11.9. The molecule has 0 bridgehead atoms. The van der Waals surface area contributed by atoms with Gasteiger partial charge in [-0.15, -0.1) is 0 Å². The van der Waals surface area contributed by atoms with Crippen molar-refractivity contribution in [3.8, 4) is 0 Å². The summed E-state index contributed by atoms with van der Waals surface area (Å²) in [5.74, 6) is 0.338. The molecule has 116 valence electrons. The lowest BCUT2D eigenvalue weighted by atomic mass is 9.99. The van der Waals surface area contributed by atoms with Crippen LogP contribution in [0.3, 0.4) is 0 Å². The SMILES string of the molecule is CC(C)C/C(=N\O)c1ccccc1NC(=O)OC(C)(C)C. The molecule has 1 aromatic carbocycles. The number of carbonyl (C=O) groups excluding carboxylic acids is 1. The largest absolute Gasteiger partial charge is 0.444 e. The molecule has 0 heterocycles. The third-order valence-electron chi connectivity index (χ3n) is 2.60. The van der Waals surface area contributed by atoms with Gasteiger partial charge in [-0.1, -0.05) is 37.2 Å². The summed E-state index contributed by atoms with van der Waals surface area (Å²) in [4.78, 5) is 11.9. The Morgan fingerprint density at radius 3 is 2.48 bits per heavy atom. The summed E-state index contributed by atoms with van der Waals surface area (Å²) < 4.78 is 5.24. The van der Waals surface area contributed by atoms with Crippen molar-refractivity contribution in [3.63, 3.8) is 0 Å². The quantitative estimate of drug-likeness (QED) is 0.495. The molecule has 0 aliphatic heterocycles. The molecule has 1 rings (SSSR count). The number of oxime groups is 1. The zero-order valence-corrected chi connectivity index (χ0v) is 13.3. The van der Waals surface area contributed by atoms with Crippen molar-refractivity contribution in [3.05, 3.63) is 29.8 Å². The second-order valence-electron chi connectivity index (χ2n) is 6.32. The average molecular weight is 292 g/mol. The molecule has 0 aromatic heterocycles. The van der Waals surface area contributed by atoms with E-state index in [1.54, 1.807) is 32.9 Å². The van der Waals surface area contributed by atoms with E-state index in [-0.39, 0.29) is 0 Å². The fourth-order valence-electron chi connectivity index (χ4n) is 1.85. The summed E-state index contributed by atoms with van der Waals surface area (Å²) in [5, 5.41) is 15.3. The molecule has 0 aliphatic rings. The van der Waals surface area contributed by atoms with E-state index < -0.39 is 11.7 Å². The van der Waals surface area contributed by atoms with Gasteiger partial charge in [0, 0.05) is 5.56 Å². The van der Waals surface area contributed by atoms with Gasteiger partial charge in [0.15, 0.2) is 0 Å². The highest BCUT2D eigenvalue weighted by atomic mass is 16.6. The fraction of sp³-hybridized carbons (Fsp3) is 0.500. The van der Waals surface area contributed by atoms with Gasteiger partial charge < -0.3 is 9.94 Å². The minimum atomic E-state index is -0.565. The standard InChI is InChI=1S/C16H24N2O3/c1-11(2)10-14(18-20)12-8-6-7-9-13(12)17-15(19)21-16(3,4)5/h6-9,11,20H,10H2,1-5H3,(H,17,19)/b18-14+. The number of hydrogen-bond acceptors (Lipinski definition) is 4. The smallest absolute Gasteiger partial charge is 0.412 e. The number of ether oxygens (including phenoxy) is 1. The Morgan fingerprint density at radius 2 is 1.95 bits per heavy atom. The molecule has 0 fully saturated rings. The van der Waals surface area contributed by atoms with Crippen molar-refractivity contribution >= 4 is 17.5 Å². The van der Waals surface area contributed by atoms with Gasteiger partial charge in [-0.05, 0) is 39.2 Å². The first-order valence-electron chi connectivity index (χ1n) is 7.03. The number of benzene rings is 1. The van der Waals surface area contributed by atoms with E-state index in [0.29, 0.717) is 29.3 Å². The Balaban J connectivity index is 2.96. The zero-order chi connectivity index (χ0) is 16.0. The third kappa shape index (κ3) is 5.85. The molecular weight excluding hydrogens is 268 g/mol. The van der Waals surface area contributed by atoms with Crippen LogP contribution in [0.4, 0.5) is 10.5 Å². The first-order valence-corrected chi connectivity index (χ1v) is 7.03. The van der Waals surface area contributed by atoms with Crippen LogP contribution in [-0.4, -0.2) is 22.6 Å². The van der Waals surface area contributed by atoms with E-state index in [1.807, 2.05) is 26.0 Å². The Kier molecular flexibility index (Phi) is 5.76. The third-order valence-corrected chi connectivity index (χ3v) is 2.60. The molecule has 0 atom stereocenters. The topological polar surface area (TPSA) is 70.9 Å². The van der Waals surface area contributed by atoms with Crippen molar-refractivity contribution in [1.82, 2.24) is 0 Å². The average Bonchev–Trinajstić information content (AvgIpc) is 2.34. The highest BCUT2D eigenvalue weighted by molar-refractivity contribution is 6.06. The Labute approximate surface area is 126 Å². The summed E-state index contributed by atoms with van der Waals surface area (Å²) in [6.07, 6.45) is 0.0838.